The van der Waals surface area contributed by atoms with Crippen molar-refractivity contribution >= 4 is 5.91 Å². The maximum Gasteiger partial charge on any atom is 0.257 e. The number of fused-ring (bicyclic) bond motifs is 1. The molecule has 4 rings (SSSR count). The Kier molecular flexibility index (Phi) is 3.00. The summed E-state index contributed by atoms with van der Waals surface area (Å²) in [6, 6.07) is 9.86. The molecule has 2 aromatic rings. The van der Waals surface area contributed by atoms with Gasteiger partial charge in [0, 0.05) is 32.4 Å². The van der Waals surface area contributed by atoms with Gasteiger partial charge < -0.3 is 10.2 Å². The largest absolute Gasteiger partial charge is 0.338 e. The molecule has 2 aliphatic rings. The number of likely N-dealkylation sites (tertiary alicyclic amines) is 1. The Hall–Kier alpha value is -2.14. The summed E-state index contributed by atoms with van der Waals surface area (Å²) in [5.74, 6) is 1.35. The summed E-state index contributed by atoms with van der Waals surface area (Å²) in [7, 11) is 0. The number of hydrogen-bond acceptors (Lipinski definition) is 3. The van der Waals surface area contributed by atoms with Crippen LogP contribution >= 0.6 is 0 Å². The van der Waals surface area contributed by atoms with Gasteiger partial charge in [-0.25, -0.2) is 4.68 Å². The number of hydrogen-bond donors (Lipinski definition) is 1. The number of benzene rings is 1. The predicted molar refractivity (Wildman–Crippen MR) is 79.3 cm³/mol. The topological polar surface area (TPSA) is 50.2 Å². The highest BCUT2D eigenvalue weighted by molar-refractivity contribution is 5.94. The van der Waals surface area contributed by atoms with Gasteiger partial charge in [-0.15, -0.1) is 0 Å². The molecule has 0 saturated carbocycles. The van der Waals surface area contributed by atoms with Crippen molar-refractivity contribution in [1.82, 2.24) is 20.0 Å². The normalized spacial score (nSPS) is 24.3. The van der Waals surface area contributed by atoms with Gasteiger partial charge >= 0.3 is 0 Å². The third-order valence-corrected chi connectivity index (χ3v) is 4.53. The van der Waals surface area contributed by atoms with E-state index in [1.165, 1.54) is 0 Å². The zero-order valence-corrected chi connectivity index (χ0v) is 11.8. The van der Waals surface area contributed by atoms with Crippen LogP contribution in [0.1, 0.15) is 10.4 Å². The number of carbonyl (C=O) groups is 1. The van der Waals surface area contributed by atoms with Crippen LogP contribution < -0.4 is 5.32 Å². The van der Waals surface area contributed by atoms with Gasteiger partial charge in [0.25, 0.3) is 5.91 Å². The van der Waals surface area contributed by atoms with Crippen molar-refractivity contribution in [3.05, 3.63) is 48.3 Å². The lowest BCUT2D eigenvalue weighted by atomic mass is 10.0. The molecule has 0 radical (unpaired) electrons. The highest BCUT2D eigenvalue weighted by Gasteiger charge is 2.38. The minimum Gasteiger partial charge on any atom is -0.338 e. The summed E-state index contributed by atoms with van der Waals surface area (Å²) < 4.78 is 1.76. The smallest absolute Gasteiger partial charge is 0.257 e. The van der Waals surface area contributed by atoms with Crippen LogP contribution in [0.25, 0.3) is 5.69 Å². The number of aromatic nitrogens is 2. The highest BCUT2D eigenvalue weighted by atomic mass is 16.2. The van der Waals surface area contributed by atoms with Crippen LogP contribution in [0.4, 0.5) is 0 Å². The van der Waals surface area contributed by atoms with E-state index in [1.807, 2.05) is 41.4 Å². The van der Waals surface area contributed by atoms with E-state index in [9.17, 15) is 4.79 Å². The van der Waals surface area contributed by atoms with Gasteiger partial charge in [-0.1, -0.05) is 18.2 Å². The first kappa shape index (κ1) is 12.6. The second-order valence-electron chi connectivity index (χ2n) is 5.90. The molecule has 1 N–H and O–H groups in total. The average Bonchev–Trinajstić information content (AvgIpc) is 3.22. The van der Waals surface area contributed by atoms with Crippen LogP contribution in [0, 0.1) is 11.8 Å². The molecular formula is C16H18N4O. The van der Waals surface area contributed by atoms with Crippen molar-refractivity contribution in [1.29, 1.82) is 0 Å². The second kappa shape index (κ2) is 5.00. The van der Waals surface area contributed by atoms with Crippen LogP contribution in [0.3, 0.4) is 0 Å². The molecule has 1 aromatic carbocycles. The van der Waals surface area contributed by atoms with E-state index in [4.69, 9.17) is 0 Å². The molecule has 0 spiro atoms. The molecule has 0 aliphatic carbocycles. The zero-order valence-electron chi connectivity index (χ0n) is 11.8. The molecule has 2 fully saturated rings. The molecule has 21 heavy (non-hydrogen) atoms. The second-order valence-corrected chi connectivity index (χ2v) is 5.90. The third kappa shape index (κ3) is 2.23. The van der Waals surface area contributed by atoms with Gasteiger partial charge in [-0.3, -0.25) is 4.79 Å². The monoisotopic (exact) mass is 282 g/mol. The average molecular weight is 282 g/mol. The lowest BCUT2D eigenvalue weighted by Gasteiger charge is -2.16. The van der Waals surface area contributed by atoms with Crippen molar-refractivity contribution < 1.29 is 4.79 Å². The molecule has 3 heterocycles. The molecule has 0 bridgehead atoms. The maximum atomic E-state index is 12.6. The lowest BCUT2D eigenvalue weighted by Crippen LogP contribution is -2.31. The van der Waals surface area contributed by atoms with Gasteiger partial charge in [-0.05, 0) is 24.0 Å². The fraction of sp³-hybridized carbons (Fsp3) is 0.375. The number of nitrogens with zero attached hydrogens (tertiary/aromatic N) is 3. The van der Waals surface area contributed by atoms with E-state index in [0.29, 0.717) is 17.4 Å². The Balaban J connectivity index is 1.52. The summed E-state index contributed by atoms with van der Waals surface area (Å²) in [6.07, 6.45) is 3.49. The third-order valence-electron chi connectivity index (χ3n) is 4.53. The van der Waals surface area contributed by atoms with E-state index in [-0.39, 0.29) is 5.91 Å². The molecule has 5 heteroatoms. The van der Waals surface area contributed by atoms with Gasteiger partial charge in [0.05, 0.1) is 17.4 Å². The summed E-state index contributed by atoms with van der Waals surface area (Å²) in [5, 5.41) is 7.70. The molecule has 1 aromatic heterocycles. The van der Waals surface area contributed by atoms with E-state index in [0.717, 1.165) is 31.9 Å². The van der Waals surface area contributed by atoms with Crippen LogP contribution in [-0.2, 0) is 0 Å². The highest BCUT2D eigenvalue weighted by Crippen LogP contribution is 2.27. The van der Waals surface area contributed by atoms with E-state index in [2.05, 4.69) is 10.4 Å². The first-order valence-electron chi connectivity index (χ1n) is 7.41. The van der Waals surface area contributed by atoms with E-state index < -0.39 is 0 Å². The quantitative estimate of drug-likeness (QED) is 0.899. The number of amides is 1. The Bertz CT molecular complexity index is 639. The van der Waals surface area contributed by atoms with Gasteiger partial charge in [-0.2, -0.15) is 5.10 Å². The van der Waals surface area contributed by atoms with Crippen molar-refractivity contribution in [3.8, 4) is 5.69 Å². The molecule has 2 saturated heterocycles. The van der Waals surface area contributed by atoms with Crippen LogP contribution in [-0.4, -0.2) is 46.8 Å². The number of rotatable bonds is 2. The summed E-state index contributed by atoms with van der Waals surface area (Å²) in [5.41, 5.74) is 1.64. The molecule has 5 nitrogen and oxygen atoms in total. The van der Waals surface area contributed by atoms with Crippen molar-refractivity contribution in [2.24, 2.45) is 11.8 Å². The van der Waals surface area contributed by atoms with Crippen molar-refractivity contribution in [3.63, 3.8) is 0 Å². The maximum absolute atomic E-state index is 12.6. The minimum atomic E-state index is 0.103. The van der Waals surface area contributed by atoms with Gasteiger partial charge in [0.15, 0.2) is 0 Å². The van der Waals surface area contributed by atoms with E-state index in [1.54, 1.807) is 10.9 Å². The van der Waals surface area contributed by atoms with Gasteiger partial charge in [0.1, 0.15) is 0 Å². The zero-order chi connectivity index (χ0) is 14.2. The Morgan fingerprint density at radius 2 is 1.86 bits per heavy atom. The minimum absolute atomic E-state index is 0.103. The number of nitrogens with one attached hydrogen (secondary N) is 1. The van der Waals surface area contributed by atoms with Crippen molar-refractivity contribution in [2.45, 2.75) is 0 Å². The summed E-state index contributed by atoms with van der Waals surface area (Å²) in [4.78, 5) is 14.5. The lowest BCUT2D eigenvalue weighted by molar-refractivity contribution is 0.0781. The van der Waals surface area contributed by atoms with Crippen LogP contribution in [0.2, 0.25) is 0 Å². The molecule has 2 unspecified atom stereocenters. The fourth-order valence-electron chi connectivity index (χ4n) is 3.36. The summed E-state index contributed by atoms with van der Waals surface area (Å²) in [6.45, 7) is 3.81. The molecule has 1 amide bonds. The molecule has 2 atom stereocenters. The first-order valence-corrected chi connectivity index (χ1v) is 7.41. The molecular weight excluding hydrogens is 264 g/mol. The Morgan fingerprint density at radius 1 is 1.14 bits per heavy atom. The van der Waals surface area contributed by atoms with Crippen LogP contribution in [0.15, 0.2) is 42.7 Å². The SMILES string of the molecule is O=C(c1cnn(-c2ccccc2)c1)N1CC2CNCC2C1. The number of para-hydroxylation sites is 1. The van der Waals surface area contributed by atoms with Crippen LogP contribution in [0.5, 0.6) is 0 Å². The molecule has 108 valence electrons. The molecule has 2 aliphatic heterocycles. The Labute approximate surface area is 123 Å². The standard InChI is InChI=1S/C16H18N4O/c21-16(19-9-12-6-17-7-13(12)10-19)14-8-18-20(11-14)15-4-2-1-3-5-15/h1-5,8,11-13,17H,6-7,9-10H2. The Morgan fingerprint density at radius 3 is 2.57 bits per heavy atom. The fourth-order valence-corrected chi connectivity index (χ4v) is 3.36. The first-order chi connectivity index (χ1) is 10.3. The van der Waals surface area contributed by atoms with E-state index >= 15 is 0 Å². The predicted octanol–water partition coefficient (Wildman–Crippen LogP) is 1.16. The van der Waals surface area contributed by atoms with Crippen molar-refractivity contribution in [2.75, 3.05) is 26.2 Å². The summed E-state index contributed by atoms with van der Waals surface area (Å²) >= 11 is 0. The van der Waals surface area contributed by atoms with Gasteiger partial charge in [0.2, 0.25) is 0 Å². The number of carbonyl (C=O) groups excluding carboxylic acids is 1.